The van der Waals surface area contributed by atoms with Crippen molar-refractivity contribution in [2.24, 2.45) is 4.99 Å². The van der Waals surface area contributed by atoms with Crippen LogP contribution in [0.15, 0.2) is 4.99 Å². The molecule has 0 radical (unpaired) electrons. The Balaban J connectivity index is 0. The lowest BCUT2D eigenvalue weighted by atomic mass is 10.5. The molecule has 0 fully saturated rings. The Morgan fingerprint density at radius 1 is 1.18 bits per heavy atom. The summed E-state index contributed by atoms with van der Waals surface area (Å²) in [5, 5.41) is 8.95. The van der Waals surface area contributed by atoms with E-state index in [4.69, 9.17) is 0 Å². The van der Waals surface area contributed by atoms with Crippen LogP contribution in [-0.2, 0) is 4.79 Å². The van der Waals surface area contributed by atoms with Gasteiger partial charge in [-0.05, 0) is 20.1 Å². The molecule has 17 heavy (non-hydrogen) atoms. The highest BCUT2D eigenvalue weighted by Gasteiger charge is 1.99. The van der Waals surface area contributed by atoms with Crippen LogP contribution >= 0.6 is 35.7 Å². The number of hydrogen-bond donors (Lipinski definition) is 3. The fourth-order valence-corrected chi connectivity index (χ4v) is 1.32. The lowest BCUT2D eigenvalue weighted by Gasteiger charge is -2.10. The zero-order valence-corrected chi connectivity index (χ0v) is 13.9. The Labute approximate surface area is 125 Å². The largest absolute Gasteiger partial charge is 0.357 e. The molecule has 0 aromatic carbocycles. The standard InChI is InChI=1S/C10H22N4OS.HI/c1-4-11-9(15)8-14-10(12-5-2)13-6-7-16-3;/h4-8H2,1-3H3,(H,11,15)(H2,12,13,14);1H. The molecule has 0 saturated heterocycles. The summed E-state index contributed by atoms with van der Waals surface area (Å²) in [6.07, 6.45) is 2.06. The van der Waals surface area contributed by atoms with Crippen molar-refractivity contribution < 1.29 is 4.79 Å². The summed E-state index contributed by atoms with van der Waals surface area (Å²) >= 11 is 1.77. The fraction of sp³-hybridized carbons (Fsp3) is 0.800. The molecule has 0 spiro atoms. The third-order valence-electron chi connectivity index (χ3n) is 1.70. The zero-order chi connectivity index (χ0) is 12.2. The van der Waals surface area contributed by atoms with Crippen LogP contribution in [0.4, 0.5) is 0 Å². The van der Waals surface area contributed by atoms with Gasteiger partial charge in [0.2, 0.25) is 5.91 Å². The van der Waals surface area contributed by atoms with E-state index in [1.807, 2.05) is 13.8 Å². The smallest absolute Gasteiger partial charge is 0.241 e. The average Bonchev–Trinajstić information content (AvgIpc) is 2.26. The monoisotopic (exact) mass is 374 g/mol. The summed E-state index contributed by atoms with van der Waals surface area (Å²) in [4.78, 5) is 15.4. The fourth-order valence-electron chi connectivity index (χ4n) is 1.02. The predicted octanol–water partition coefficient (Wildman–Crippen LogP) is 0.659. The summed E-state index contributed by atoms with van der Waals surface area (Å²) in [5.41, 5.74) is 0. The minimum absolute atomic E-state index is 0. The van der Waals surface area contributed by atoms with Gasteiger partial charge in [0.05, 0.1) is 0 Å². The van der Waals surface area contributed by atoms with Crippen molar-refractivity contribution in [2.75, 3.05) is 38.2 Å². The molecule has 0 bridgehead atoms. The van der Waals surface area contributed by atoms with Crippen LogP contribution in [0.3, 0.4) is 0 Å². The van der Waals surface area contributed by atoms with E-state index in [9.17, 15) is 4.79 Å². The highest BCUT2D eigenvalue weighted by molar-refractivity contribution is 14.0. The van der Waals surface area contributed by atoms with Crippen molar-refractivity contribution in [3.05, 3.63) is 0 Å². The minimum Gasteiger partial charge on any atom is -0.357 e. The maximum atomic E-state index is 11.2. The van der Waals surface area contributed by atoms with E-state index in [2.05, 4.69) is 27.2 Å². The van der Waals surface area contributed by atoms with E-state index < -0.39 is 0 Å². The van der Waals surface area contributed by atoms with Gasteiger partial charge in [-0.1, -0.05) is 0 Å². The zero-order valence-electron chi connectivity index (χ0n) is 10.7. The highest BCUT2D eigenvalue weighted by Crippen LogP contribution is 1.87. The molecule has 0 saturated carbocycles. The lowest BCUT2D eigenvalue weighted by Crippen LogP contribution is -2.39. The van der Waals surface area contributed by atoms with Gasteiger partial charge in [0.25, 0.3) is 0 Å². The maximum Gasteiger partial charge on any atom is 0.241 e. The lowest BCUT2D eigenvalue weighted by molar-refractivity contribution is -0.119. The third-order valence-corrected chi connectivity index (χ3v) is 2.31. The SMILES string of the molecule is CCNC(=O)CN=C(NCC)NCCSC.I. The first-order valence-corrected chi connectivity index (χ1v) is 6.91. The highest BCUT2D eigenvalue weighted by atomic mass is 127. The van der Waals surface area contributed by atoms with Gasteiger partial charge in [0.15, 0.2) is 5.96 Å². The normalized spacial score (nSPS) is 10.4. The molecular weight excluding hydrogens is 351 g/mol. The van der Waals surface area contributed by atoms with Gasteiger partial charge in [-0.3, -0.25) is 4.79 Å². The second-order valence-electron chi connectivity index (χ2n) is 3.07. The van der Waals surface area contributed by atoms with E-state index in [1.165, 1.54) is 0 Å². The summed E-state index contributed by atoms with van der Waals surface area (Å²) in [6.45, 7) is 6.34. The number of aliphatic imine (C=N–C) groups is 1. The Kier molecular flexibility index (Phi) is 15.7. The van der Waals surface area contributed by atoms with Crippen molar-refractivity contribution in [2.45, 2.75) is 13.8 Å². The van der Waals surface area contributed by atoms with Crippen LogP contribution in [0.1, 0.15) is 13.8 Å². The molecule has 0 atom stereocenters. The molecule has 0 unspecified atom stereocenters. The van der Waals surface area contributed by atoms with Gasteiger partial charge in [0.1, 0.15) is 6.54 Å². The quantitative estimate of drug-likeness (QED) is 0.265. The number of carbonyl (C=O) groups is 1. The molecule has 1 amide bonds. The molecule has 0 heterocycles. The Bertz CT molecular complexity index is 226. The second-order valence-corrected chi connectivity index (χ2v) is 4.05. The number of nitrogens with zero attached hydrogens (tertiary/aromatic N) is 1. The number of nitrogens with one attached hydrogen (secondary N) is 3. The Morgan fingerprint density at radius 3 is 2.35 bits per heavy atom. The van der Waals surface area contributed by atoms with Crippen LogP contribution in [0, 0.1) is 0 Å². The number of hydrogen-bond acceptors (Lipinski definition) is 3. The topological polar surface area (TPSA) is 65.5 Å². The summed E-state index contributed by atoms with van der Waals surface area (Å²) in [6, 6.07) is 0. The number of halogens is 1. The number of guanidine groups is 1. The van der Waals surface area contributed by atoms with Crippen molar-refractivity contribution in [1.82, 2.24) is 16.0 Å². The first kappa shape index (κ1) is 19.2. The molecule has 0 aliphatic rings. The molecule has 5 nitrogen and oxygen atoms in total. The first-order chi connectivity index (χ1) is 7.74. The van der Waals surface area contributed by atoms with Crippen molar-refractivity contribution in [1.29, 1.82) is 0 Å². The van der Waals surface area contributed by atoms with Gasteiger partial charge in [0, 0.05) is 25.4 Å². The van der Waals surface area contributed by atoms with E-state index in [0.29, 0.717) is 12.5 Å². The molecule has 0 aliphatic heterocycles. The van der Waals surface area contributed by atoms with Crippen LogP contribution in [0.25, 0.3) is 0 Å². The molecule has 0 aromatic rings. The summed E-state index contributed by atoms with van der Waals surface area (Å²) < 4.78 is 0. The Hall–Kier alpha value is -0.180. The first-order valence-electron chi connectivity index (χ1n) is 5.52. The van der Waals surface area contributed by atoms with Crippen molar-refractivity contribution in [3.63, 3.8) is 0 Å². The molecule has 0 aromatic heterocycles. The maximum absolute atomic E-state index is 11.2. The van der Waals surface area contributed by atoms with E-state index in [0.717, 1.165) is 18.8 Å². The number of thioether (sulfide) groups is 1. The molecular formula is C10H23IN4OS. The van der Waals surface area contributed by atoms with Gasteiger partial charge < -0.3 is 16.0 Å². The van der Waals surface area contributed by atoms with E-state index >= 15 is 0 Å². The van der Waals surface area contributed by atoms with E-state index in [-0.39, 0.29) is 36.4 Å². The number of likely N-dealkylation sites (N-methyl/N-ethyl adjacent to an activating group) is 1. The molecule has 0 rings (SSSR count). The number of amides is 1. The molecule has 0 aliphatic carbocycles. The Morgan fingerprint density at radius 2 is 1.82 bits per heavy atom. The van der Waals surface area contributed by atoms with Gasteiger partial charge >= 0.3 is 0 Å². The van der Waals surface area contributed by atoms with Crippen molar-refractivity contribution >= 4 is 47.6 Å². The third kappa shape index (κ3) is 12.1. The number of carbonyl (C=O) groups excluding carboxylic acids is 1. The van der Waals surface area contributed by atoms with Crippen LogP contribution in [-0.4, -0.2) is 50.1 Å². The molecule has 102 valence electrons. The molecule has 3 N–H and O–H groups in total. The summed E-state index contributed by atoms with van der Waals surface area (Å²) in [5.74, 6) is 1.67. The van der Waals surface area contributed by atoms with Gasteiger partial charge in [-0.15, -0.1) is 24.0 Å². The second kappa shape index (κ2) is 13.9. The summed E-state index contributed by atoms with van der Waals surface area (Å²) in [7, 11) is 0. The minimum atomic E-state index is -0.0513. The van der Waals surface area contributed by atoms with Crippen LogP contribution in [0.2, 0.25) is 0 Å². The van der Waals surface area contributed by atoms with Crippen molar-refractivity contribution in [3.8, 4) is 0 Å². The van der Waals surface area contributed by atoms with Crippen LogP contribution in [0.5, 0.6) is 0 Å². The number of rotatable bonds is 7. The van der Waals surface area contributed by atoms with Gasteiger partial charge in [-0.2, -0.15) is 11.8 Å². The van der Waals surface area contributed by atoms with Gasteiger partial charge in [-0.25, -0.2) is 4.99 Å². The van der Waals surface area contributed by atoms with Crippen LogP contribution < -0.4 is 16.0 Å². The predicted molar refractivity (Wildman–Crippen MR) is 86.5 cm³/mol. The van der Waals surface area contributed by atoms with E-state index in [1.54, 1.807) is 11.8 Å². The molecule has 7 heteroatoms. The average molecular weight is 374 g/mol.